The smallest absolute Gasteiger partial charge is 0.386 e. The van der Waals surface area contributed by atoms with E-state index in [9.17, 15) is 57.9 Å². The van der Waals surface area contributed by atoms with Crippen molar-refractivity contribution < 1.29 is 80.5 Å². The zero-order valence-electron chi connectivity index (χ0n) is 28.1. The van der Waals surface area contributed by atoms with Gasteiger partial charge in [-0.1, -0.05) is 31.5 Å². The molecule has 3 heterocycles. The number of nitrogens with one attached hydrogen (secondary N) is 2. The number of anilines is 1. The molecule has 2 aromatic rings. The molecule has 296 valence electrons. The van der Waals surface area contributed by atoms with Gasteiger partial charge in [-0.15, -0.1) is 0 Å². The quantitative estimate of drug-likeness (QED) is 0.0450. The molecule has 7 atom stereocenters. The summed E-state index contributed by atoms with van der Waals surface area (Å²) in [6.45, 7) is 1.93. The Hall–Kier alpha value is -2.88. The predicted octanol–water partition coefficient (Wildman–Crippen LogP) is -1.31. The normalized spacial score (nSPS) is 21.9. The largest absolute Gasteiger partial charge is 0.481 e. The Labute approximate surface area is 305 Å². The first kappa shape index (κ1) is 44.5. The number of ether oxygens (including phenoxy) is 1. The van der Waals surface area contributed by atoms with Crippen molar-refractivity contribution in [3.05, 3.63) is 12.7 Å². The Balaban J connectivity index is 1.53. The lowest BCUT2D eigenvalue weighted by Gasteiger charge is -2.30. The van der Waals surface area contributed by atoms with E-state index in [2.05, 4.69) is 46.3 Å². The number of nitrogens with zero attached hydrogens (tertiary/aromatic N) is 4. The Kier molecular flexibility index (Phi) is 15.7. The fourth-order valence-corrected chi connectivity index (χ4v) is 7.80. The number of phosphoric acid groups is 3. The summed E-state index contributed by atoms with van der Waals surface area (Å²) >= 11 is 0.921. The third-order valence-corrected chi connectivity index (χ3v) is 10.8. The summed E-state index contributed by atoms with van der Waals surface area (Å²) in [6.07, 6.45) is -6.94. The molecule has 10 N–H and O–H groups in total. The Morgan fingerprint density at radius 1 is 1.09 bits per heavy atom. The molecule has 0 bridgehead atoms. The molecule has 1 fully saturated rings. The minimum absolute atomic E-state index is 0.0285. The number of rotatable bonds is 19. The number of aliphatic hydroxyl groups is 2. The van der Waals surface area contributed by atoms with Crippen LogP contribution in [0.1, 0.15) is 33.4 Å². The summed E-state index contributed by atoms with van der Waals surface area (Å²) in [5.41, 5.74) is 4.25. The van der Waals surface area contributed by atoms with Gasteiger partial charge in [0, 0.05) is 30.7 Å². The van der Waals surface area contributed by atoms with Gasteiger partial charge in [-0.2, -0.15) is 4.31 Å². The van der Waals surface area contributed by atoms with Gasteiger partial charge in [0.25, 0.3) is 5.12 Å². The summed E-state index contributed by atoms with van der Waals surface area (Å²) in [5.74, 6) is 3.58. The molecule has 0 spiro atoms. The summed E-state index contributed by atoms with van der Waals surface area (Å²) in [6, 6.07) is 0. The first-order valence-corrected chi connectivity index (χ1v) is 20.5. The summed E-state index contributed by atoms with van der Waals surface area (Å²) < 4.78 is 61.9. The Morgan fingerprint density at radius 3 is 2.43 bits per heavy atom. The number of amides is 2. The van der Waals surface area contributed by atoms with Crippen molar-refractivity contribution in [3.63, 3.8) is 0 Å². The second-order valence-corrected chi connectivity index (χ2v) is 16.9. The molecule has 2 amide bonds. The molecular weight excluding hydrogens is 795 g/mol. The fraction of sp³-hybridized carbons (Fsp3) is 0.600. The van der Waals surface area contributed by atoms with Crippen LogP contribution < -0.4 is 16.4 Å². The first-order chi connectivity index (χ1) is 24.6. The van der Waals surface area contributed by atoms with Crippen molar-refractivity contribution in [1.82, 2.24) is 30.2 Å². The van der Waals surface area contributed by atoms with Crippen molar-refractivity contribution in [2.45, 2.75) is 57.8 Å². The highest BCUT2D eigenvalue weighted by atomic mass is 32.2. The third-order valence-electron chi connectivity index (χ3n) is 6.96. The van der Waals surface area contributed by atoms with Crippen LogP contribution in [0, 0.1) is 17.3 Å². The zero-order valence-corrected chi connectivity index (χ0v) is 31.6. The standard InChI is InChI=1S/C25H38N7O17P3S/c1-4-5-16(34)53-9-8-27-15(33)6-7-28-23(37)20(36)25(2,3)11-46-52(43,44)49-51(41,42)45-10-14-19(48-50(38,39)40)18(35)24(47-14)32-13-31-17-21(26)29-12-30-22(17)32/h12-14,18-20,24,35-36H,6-11H2,1-3H3,(H,27,33)(H,28,37)(H,41,42)(H,43,44)(H2,26,29,30)(H2,38,39,40)/t14-,18-,19-,20?,24-/m1/s1. The maximum Gasteiger partial charge on any atom is 0.481 e. The number of aromatic nitrogens is 4. The average Bonchev–Trinajstić information content (AvgIpc) is 3.61. The van der Waals surface area contributed by atoms with Crippen LogP contribution in [0.3, 0.4) is 0 Å². The molecule has 1 aliphatic rings. The van der Waals surface area contributed by atoms with Crippen LogP contribution in [0.15, 0.2) is 12.7 Å². The van der Waals surface area contributed by atoms with E-state index < -0.39 is 84.6 Å². The number of fused-ring (bicyclic) bond motifs is 1. The molecule has 1 saturated heterocycles. The minimum atomic E-state index is -5.57. The third kappa shape index (κ3) is 13.4. The van der Waals surface area contributed by atoms with E-state index in [1.807, 2.05) is 0 Å². The average molecular weight is 834 g/mol. The molecule has 24 nitrogen and oxygen atoms in total. The number of hydrogen-bond acceptors (Lipinski definition) is 18. The topological polar surface area (TPSA) is 364 Å². The van der Waals surface area contributed by atoms with Crippen LogP contribution in [0.25, 0.3) is 11.2 Å². The SMILES string of the molecule is CC#CC(=O)SCCNC(=O)CCNC(=O)C(O)C(C)(C)COP(=O)(O)OP(=O)(O)OC[C@H]1O[C@@H](n2cnc3c(N)ncnc32)[C@H](O)[C@@H]1OP(=O)(O)O. The summed E-state index contributed by atoms with van der Waals surface area (Å²) in [5, 5.41) is 25.9. The van der Waals surface area contributed by atoms with Crippen molar-refractivity contribution in [1.29, 1.82) is 0 Å². The molecule has 53 heavy (non-hydrogen) atoms. The van der Waals surface area contributed by atoms with Gasteiger partial charge >= 0.3 is 23.5 Å². The van der Waals surface area contributed by atoms with Crippen molar-refractivity contribution in [2.24, 2.45) is 5.41 Å². The van der Waals surface area contributed by atoms with E-state index >= 15 is 0 Å². The van der Waals surface area contributed by atoms with Gasteiger partial charge in [-0.05, 0) is 12.8 Å². The number of thioether (sulfide) groups is 1. The van der Waals surface area contributed by atoms with E-state index in [0.717, 1.165) is 29.0 Å². The highest BCUT2D eigenvalue weighted by Crippen LogP contribution is 2.61. The number of phosphoric ester groups is 3. The van der Waals surface area contributed by atoms with E-state index in [0.29, 0.717) is 0 Å². The van der Waals surface area contributed by atoms with Gasteiger partial charge in [0.05, 0.1) is 19.5 Å². The van der Waals surface area contributed by atoms with Crippen LogP contribution in [0.5, 0.6) is 0 Å². The molecule has 2 aromatic heterocycles. The zero-order chi connectivity index (χ0) is 39.8. The van der Waals surface area contributed by atoms with Crippen LogP contribution >= 0.6 is 35.2 Å². The first-order valence-electron chi connectivity index (χ1n) is 15.0. The van der Waals surface area contributed by atoms with Gasteiger partial charge in [0.15, 0.2) is 17.7 Å². The van der Waals surface area contributed by atoms with E-state index in [4.69, 9.17) is 19.5 Å². The lowest BCUT2D eigenvalue weighted by atomic mass is 9.87. The highest BCUT2D eigenvalue weighted by molar-refractivity contribution is 8.14. The number of carbonyl (C=O) groups excluding carboxylic acids is 3. The number of aliphatic hydroxyl groups excluding tert-OH is 2. The van der Waals surface area contributed by atoms with E-state index in [1.165, 1.54) is 20.8 Å². The molecule has 1 aliphatic heterocycles. The predicted molar refractivity (Wildman–Crippen MR) is 181 cm³/mol. The van der Waals surface area contributed by atoms with Crippen molar-refractivity contribution in [3.8, 4) is 11.8 Å². The second-order valence-electron chi connectivity index (χ2n) is 11.6. The van der Waals surface area contributed by atoms with Gasteiger partial charge in [0.1, 0.15) is 36.3 Å². The van der Waals surface area contributed by atoms with Crippen molar-refractivity contribution in [2.75, 3.05) is 37.8 Å². The minimum Gasteiger partial charge on any atom is -0.386 e. The van der Waals surface area contributed by atoms with Crippen LogP contribution in [0.2, 0.25) is 0 Å². The van der Waals surface area contributed by atoms with Gasteiger partial charge in [-0.3, -0.25) is 32.5 Å². The molecule has 28 heteroatoms. The van der Waals surface area contributed by atoms with Gasteiger partial charge < -0.3 is 50.9 Å². The van der Waals surface area contributed by atoms with E-state index in [-0.39, 0.29) is 47.4 Å². The molecule has 0 aromatic carbocycles. The number of hydrogen-bond donors (Lipinski definition) is 9. The molecule has 3 unspecified atom stereocenters. The van der Waals surface area contributed by atoms with Crippen LogP contribution in [0.4, 0.5) is 5.82 Å². The number of nitrogen functional groups attached to an aromatic ring is 1. The highest BCUT2D eigenvalue weighted by Gasteiger charge is 2.50. The van der Waals surface area contributed by atoms with Crippen LogP contribution in [-0.4, -0.2) is 123 Å². The fourth-order valence-electron chi connectivity index (χ4n) is 4.41. The summed E-state index contributed by atoms with van der Waals surface area (Å²) in [7, 11) is -16.4. The van der Waals surface area contributed by atoms with Crippen LogP contribution in [-0.2, 0) is 50.7 Å². The number of imidazole rings is 1. The monoisotopic (exact) mass is 833 g/mol. The van der Waals surface area contributed by atoms with Gasteiger partial charge in [-0.25, -0.2) is 28.6 Å². The van der Waals surface area contributed by atoms with Crippen molar-refractivity contribution >= 4 is 69.1 Å². The Morgan fingerprint density at radius 2 is 1.77 bits per heavy atom. The molecule has 0 radical (unpaired) electrons. The number of carbonyl (C=O) groups is 3. The molecule has 0 saturated carbocycles. The Bertz CT molecular complexity index is 1850. The summed E-state index contributed by atoms with van der Waals surface area (Å²) in [4.78, 5) is 86.6. The molecule has 3 rings (SSSR count). The van der Waals surface area contributed by atoms with Gasteiger partial charge in [0.2, 0.25) is 11.8 Å². The maximum atomic E-state index is 12.6. The number of nitrogens with two attached hydrogens (primary N) is 1. The lowest BCUT2D eigenvalue weighted by molar-refractivity contribution is -0.137. The second kappa shape index (κ2) is 18.6. The maximum absolute atomic E-state index is 12.6. The molecule has 0 aliphatic carbocycles. The van der Waals surface area contributed by atoms with E-state index in [1.54, 1.807) is 0 Å². The lowest BCUT2D eigenvalue weighted by Crippen LogP contribution is -2.46. The molecular formula is C25H38N7O17P3S.